The second-order valence-corrected chi connectivity index (χ2v) is 13.4. The van der Waals surface area contributed by atoms with Crippen LogP contribution in [0.2, 0.25) is 0 Å². The molecule has 0 spiro atoms. The van der Waals surface area contributed by atoms with Gasteiger partial charge in [0, 0.05) is 22.1 Å². The van der Waals surface area contributed by atoms with Crippen LogP contribution in [0.15, 0.2) is 176 Å². The fourth-order valence-corrected chi connectivity index (χ4v) is 7.83. The second kappa shape index (κ2) is 11.1. The minimum atomic E-state index is -0.165. The first-order chi connectivity index (χ1) is 23.6. The lowest BCUT2D eigenvalue weighted by molar-refractivity contribution is 0.660. The topological polar surface area (TPSA) is 3.24 Å². The van der Waals surface area contributed by atoms with Gasteiger partial charge in [-0.3, -0.25) is 0 Å². The van der Waals surface area contributed by atoms with Crippen LogP contribution in [0.3, 0.4) is 0 Å². The van der Waals surface area contributed by atoms with E-state index < -0.39 is 0 Å². The molecule has 0 atom stereocenters. The maximum atomic E-state index is 2.49. The van der Waals surface area contributed by atoms with Crippen molar-refractivity contribution in [3.63, 3.8) is 0 Å². The van der Waals surface area contributed by atoms with Gasteiger partial charge in [0.05, 0.1) is 11.4 Å². The fraction of sp³-hybridized carbons (Fsp3) is 0.0638. The van der Waals surface area contributed by atoms with Gasteiger partial charge in [0.2, 0.25) is 0 Å². The van der Waals surface area contributed by atoms with Gasteiger partial charge in [-0.25, -0.2) is 0 Å². The highest BCUT2D eigenvalue weighted by Gasteiger charge is 2.36. The molecule has 9 rings (SSSR count). The highest BCUT2D eigenvalue weighted by atomic mass is 15.1. The molecule has 1 aliphatic carbocycles. The summed E-state index contributed by atoms with van der Waals surface area (Å²) < 4.78 is 0. The van der Waals surface area contributed by atoms with Gasteiger partial charge in [0.15, 0.2) is 0 Å². The molecule has 1 heteroatoms. The van der Waals surface area contributed by atoms with Gasteiger partial charge in [-0.2, -0.15) is 0 Å². The minimum absolute atomic E-state index is 0.165. The Morgan fingerprint density at radius 1 is 0.375 bits per heavy atom. The largest absolute Gasteiger partial charge is 0.309 e. The predicted octanol–water partition coefficient (Wildman–Crippen LogP) is 13.1. The smallest absolute Gasteiger partial charge is 0.0546 e. The van der Waals surface area contributed by atoms with E-state index in [4.69, 9.17) is 0 Å². The molecule has 0 amide bonds. The molecule has 8 aromatic carbocycles. The van der Waals surface area contributed by atoms with Crippen molar-refractivity contribution in [3.05, 3.63) is 187 Å². The standard InChI is InChI=1S/C47H35N/c1-47(2)43-29-34(32-15-5-3-6-16-32)25-27-40(43)41-28-26-36(31-44(41)47)48(45-24-14-13-21-38(45)33-17-7-4-8-18-33)46-30-35-19-9-10-20-37(35)39-22-11-12-23-42(39)46/h3-31H,1-2H3. The monoisotopic (exact) mass is 613 g/mol. The predicted molar refractivity (Wildman–Crippen MR) is 205 cm³/mol. The lowest BCUT2D eigenvalue weighted by Crippen LogP contribution is -2.17. The third kappa shape index (κ3) is 4.47. The first kappa shape index (κ1) is 28.3. The average molecular weight is 614 g/mol. The Morgan fingerprint density at radius 2 is 0.958 bits per heavy atom. The van der Waals surface area contributed by atoms with Crippen molar-refractivity contribution < 1.29 is 0 Å². The van der Waals surface area contributed by atoms with Crippen LogP contribution in [0, 0.1) is 0 Å². The van der Waals surface area contributed by atoms with Crippen molar-refractivity contribution in [1.29, 1.82) is 0 Å². The summed E-state index contributed by atoms with van der Waals surface area (Å²) >= 11 is 0. The van der Waals surface area contributed by atoms with Gasteiger partial charge in [-0.15, -0.1) is 0 Å². The first-order valence-corrected chi connectivity index (χ1v) is 16.8. The van der Waals surface area contributed by atoms with Crippen LogP contribution in [-0.2, 0) is 5.41 Å². The number of benzene rings is 8. The quantitative estimate of drug-likeness (QED) is 0.175. The zero-order valence-corrected chi connectivity index (χ0v) is 27.2. The molecule has 1 aliphatic rings. The SMILES string of the molecule is CC1(C)c2cc(-c3ccccc3)ccc2-c2ccc(N(c3ccccc3-c3ccccc3)c3cc4ccccc4c4ccccc34)cc21. The van der Waals surface area contributed by atoms with Crippen LogP contribution in [0.5, 0.6) is 0 Å². The highest BCUT2D eigenvalue weighted by molar-refractivity contribution is 6.15. The Morgan fingerprint density at radius 3 is 1.73 bits per heavy atom. The molecule has 0 aliphatic heterocycles. The van der Waals surface area contributed by atoms with Gasteiger partial charge >= 0.3 is 0 Å². The van der Waals surface area contributed by atoms with E-state index in [2.05, 4.69) is 195 Å². The van der Waals surface area contributed by atoms with E-state index in [1.54, 1.807) is 0 Å². The maximum Gasteiger partial charge on any atom is 0.0546 e. The Hall–Kier alpha value is -5.92. The zero-order valence-electron chi connectivity index (χ0n) is 27.2. The van der Waals surface area contributed by atoms with Crippen molar-refractivity contribution >= 4 is 38.6 Å². The van der Waals surface area contributed by atoms with Gasteiger partial charge in [0.1, 0.15) is 0 Å². The second-order valence-electron chi connectivity index (χ2n) is 13.4. The van der Waals surface area contributed by atoms with Crippen LogP contribution in [0.25, 0.3) is 54.9 Å². The summed E-state index contributed by atoms with van der Waals surface area (Å²) in [7, 11) is 0. The molecule has 0 saturated carbocycles. The van der Waals surface area contributed by atoms with E-state index in [0.717, 1.165) is 11.4 Å². The average Bonchev–Trinajstić information content (AvgIpc) is 3.37. The number of fused-ring (bicyclic) bond motifs is 6. The van der Waals surface area contributed by atoms with Crippen molar-refractivity contribution in [3.8, 4) is 33.4 Å². The number of nitrogens with zero attached hydrogens (tertiary/aromatic N) is 1. The van der Waals surface area contributed by atoms with Gasteiger partial charge in [-0.1, -0.05) is 159 Å². The maximum absolute atomic E-state index is 2.49. The summed E-state index contributed by atoms with van der Waals surface area (Å²) in [6.45, 7) is 4.76. The van der Waals surface area contributed by atoms with Crippen molar-refractivity contribution in [2.24, 2.45) is 0 Å². The summed E-state index contributed by atoms with van der Waals surface area (Å²) in [5.41, 5.74) is 13.6. The van der Waals surface area contributed by atoms with Crippen molar-refractivity contribution in [2.45, 2.75) is 19.3 Å². The Balaban J connectivity index is 1.29. The first-order valence-electron chi connectivity index (χ1n) is 16.8. The molecule has 0 fully saturated rings. The number of hydrogen-bond acceptors (Lipinski definition) is 1. The molecule has 0 aromatic heterocycles. The number of rotatable bonds is 5. The Bertz CT molecular complexity index is 2470. The van der Waals surface area contributed by atoms with E-state index in [-0.39, 0.29) is 5.41 Å². The summed E-state index contributed by atoms with van der Waals surface area (Å²) in [5.74, 6) is 0. The van der Waals surface area contributed by atoms with Crippen molar-refractivity contribution in [2.75, 3.05) is 4.90 Å². The molecule has 228 valence electrons. The van der Waals surface area contributed by atoms with E-state index in [0.29, 0.717) is 0 Å². The van der Waals surface area contributed by atoms with E-state index in [9.17, 15) is 0 Å². The molecule has 48 heavy (non-hydrogen) atoms. The molecule has 0 N–H and O–H groups in total. The van der Waals surface area contributed by atoms with Crippen LogP contribution >= 0.6 is 0 Å². The molecule has 0 heterocycles. The molecule has 1 nitrogen and oxygen atoms in total. The van der Waals surface area contributed by atoms with E-state index in [1.165, 1.54) is 71.7 Å². The van der Waals surface area contributed by atoms with Gasteiger partial charge in [0.25, 0.3) is 0 Å². The normalized spacial score (nSPS) is 13.0. The van der Waals surface area contributed by atoms with Gasteiger partial charge in [-0.05, 0) is 85.4 Å². The van der Waals surface area contributed by atoms with Crippen LogP contribution in [-0.4, -0.2) is 0 Å². The zero-order chi connectivity index (χ0) is 32.2. The molecule has 0 radical (unpaired) electrons. The molecular formula is C47H35N. The van der Waals surface area contributed by atoms with Crippen LogP contribution < -0.4 is 4.90 Å². The lowest BCUT2D eigenvalue weighted by atomic mass is 9.81. The molecule has 0 saturated heterocycles. The number of hydrogen-bond donors (Lipinski definition) is 0. The summed E-state index contributed by atoms with van der Waals surface area (Å²) in [6, 6.07) is 64.4. The highest BCUT2D eigenvalue weighted by Crippen LogP contribution is 2.53. The van der Waals surface area contributed by atoms with E-state index in [1.807, 2.05) is 0 Å². The number of anilines is 3. The number of para-hydroxylation sites is 1. The minimum Gasteiger partial charge on any atom is -0.309 e. The summed E-state index contributed by atoms with van der Waals surface area (Å²) in [6.07, 6.45) is 0. The third-order valence-electron chi connectivity index (χ3n) is 10.2. The summed E-state index contributed by atoms with van der Waals surface area (Å²) in [4.78, 5) is 2.49. The Kier molecular flexibility index (Phi) is 6.55. The van der Waals surface area contributed by atoms with Crippen molar-refractivity contribution in [1.82, 2.24) is 0 Å². The molecule has 0 unspecified atom stereocenters. The molecule has 8 aromatic rings. The van der Waals surface area contributed by atoms with E-state index >= 15 is 0 Å². The fourth-order valence-electron chi connectivity index (χ4n) is 7.83. The van der Waals surface area contributed by atoms with Gasteiger partial charge < -0.3 is 4.90 Å². The molecular weight excluding hydrogens is 579 g/mol. The van der Waals surface area contributed by atoms with Crippen LogP contribution in [0.4, 0.5) is 17.1 Å². The Labute approximate surface area is 282 Å². The lowest BCUT2D eigenvalue weighted by Gasteiger charge is -2.31. The van der Waals surface area contributed by atoms with Crippen LogP contribution in [0.1, 0.15) is 25.0 Å². The molecule has 0 bridgehead atoms. The summed E-state index contributed by atoms with van der Waals surface area (Å²) in [5, 5.41) is 4.99. The third-order valence-corrected chi connectivity index (χ3v) is 10.2.